The molecular weight excluding hydrogens is 251 g/mol. The van der Waals surface area contributed by atoms with Crippen LogP contribution >= 0.6 is 11.8 Å². The Labute approximate surface area is 111 Å². The second kappa shape index (κ2) is 8.11. The molecule has 3 N–H and O–H groups in total. The van der Waals surface area contributed by atoms with Crippen LogP contribution < -0.4 is 11.1 Å². The van der Waals surface area contributed by atoms with Crippen LogP contribution in [0.25, 0.3) is 0 Å². The van der Waals surface area contributed by atoms with Crippen molar-refractivity contribution in [2.75, 3.05) is 16.8 Å². The molecule has 1 aromatic rings. The first-order valence-electron chi connectivity index (χ1n) is 5.97. The predicted molar refractivity (Wildman–Crippen MR) is 75.2 cm³/mol. The summed E-state index contributed by atoms with van der Waals surface area (Å²) in [5, 5.41) is 2.56. The van der Waals surface area contributed by atoms with Crippen LogP contribution in [0.4, 0.5) is 10.1 Å². The molecule has 3 nitrogen and oxygen atoms in total. The third-order valence-corrected chi connectivity index (χ3v) is 3.36. The molecule has 0 saturated heterocycles. The number of hydrogen-bond acceptors (Lipinski definition) is 3. The van der Waals surface area contributed by atoms with E-state index in [2.05, 4.69) is 5.32 Å². The van der Waals surface area contributed by atoms with Gasteiger partial charge in [0, 0.05) is 18.2 Å². The zero-order valence-electron chi connectivity index (χ0n) is 10.5. The quantitative estimate of drug-likeness (QED) is 0.749. The Bertz CT molecular complexity index is 385. The summed E-state index contributed by atoms with van der Waals surface area (Å²) >= 11 is 1.69. The third-order valence-electron chi connectivity index (χ3n) is 2.34. The van der Waals surface area contributed by atoms with Crippen LogP contribution in [0, 0.1) is 5.82 Å². The highest BCUT2D eigenvalue weighted by Gasteiger charge is 2.05. The van der Waals surface area contributed by atoms with Gasteiger partial charge in [0.1, 0.15) is 5.82 Å². The number of carbonyl (C=O) groups is 1. The SMILES string of the molecule is CC(N)CCSCCC(=O)Nc1ccccc1F. The lowest BCUT2D eigenvalue weighted by atomic mass is 10.3. The number of hydrogen-bond donors (Lipinski definition) is 2. The van der Waals surface area contributed by atoms with Gasteiger partial charge in [0.2, 0.25) is 5.91 Å². The molecule has 0 aliphatic carbocycles. The Morgan fingerprint density at radius 3 is 2.83 bits per heavy atom. The second-order valence-corrected chi connectivity index (χ2v) is 5.38. The Balaban J connectivity index is 2.20. The smallest absolute Gasteiger partial charge is 0.225 e. The maximum atomic E-state index is 13.2. The average molecular weight is 270 g/mol. The molecule has 100 valence electrons. The number of amides is 1. The van der Waals surface area contributed by atoms with Crippen molar-refractivity contribution in [3.05, 3.63) is 30.1 Å². The Morgan fingerprint density at radius 1 is 1.44 bits per heavy atom. The molecule has 0 aromatic heterocycles. The van der Waals surface area contributed by atoms with Gasteiger partial charge in [-0.25, -0.2) is 4.39 Å². The largest absolute Gasteiger partial charge is 0.328 e. The fourth-order valence-electron chi connectivity index (χ4n) is 1.31. The van der Waals surface area contributed by atoms with Crippen LogP contribution in [0.15, 0.2) is 24.3 Å². The van der Waals surface area contributed by atoms with Crippen molar-refractivity contribution in [3.63, 3.8) is 0 Å². The number of benzene rings is 1. The van der Waals surface area contributed by atoms with E-state index < -0.39 is 5.82 Å². The molecule has 0 radical (unpaired) electrons. The van der Waals surface area contributed by atoms with E-state index in [1.165, 1.54) is 6.07 Å². The Hall–Kier alpha value is -1.07. The topological polar surface area (TPSA) is 55.1 Å². The van der Waals surface area contributed by atoms with Crippen molar-refractivity contribution in [1.29, 1.82) is 0 Å². The molecule has 0 aliphatic rings. The number of nitrogens with two attached hydrogens (primary N) is 1. The molecule has 0 aliphatic heterocycles. The van der Waals surface area contributed by atoms with E-state index in [0.29, 0.717) is 6.42 Å². The van der Waals surface area contributed by atoms with E-state index in [-0.39, 0.29) is 17.6 Å². The van der Waals surface area contributed by atoms with Gasteiger partial charge in [0.25, 0.3) is 0 Å². The normalized spacial score (nSPS) is 12.2. The summed E-state index contributed by atoms with van der Waals surface area (Å²) < 4.78 is 13.2. The monoisotopic (exact) mass is 270 g/mol. The van der Waals surface area contributed by atoms with Crippen LogP contribution in [-0.2, 0) is 4.79 Å². The van der Waals surface area contributed by atoms with Crippen molar-refractivity contribution in [3.8, 4) is 0 Å². The summed E-state index contributed by atoms with van der Waals surface area (Å²) in [6, 6.07) is 6.36. The van der Waals surface area contributed by atoms with Gasteiger partial charge in [-0.2, -0.15) is 11.8 Å². The minimum absolute atomic E-state index is 0.159. The molecule has 1 aromatic carbocycles. The maximum Gasteiger partial charge on any atom is 0.225 e. The third kappa shape index (κ3) is 6.02. The van der Waals surface area contributed by atoms with Gasteiger partial charge in [0.15, 0.2) is 0 Å². The number of anilines is 1. The van der Waals surface area contributed by atoms with E-state index >= 15 is 0 Å². The minimum Gasteiger partial charge on any atom is -0.328 e. The predicted octanol–water partition coefficient (Wildman–Crippen LogP) is 2.62. The summed E-state index contributed by atoms with van der Waals surface area (Å²) in [6.45, 7) is 1.96. The zero-order chi connectivity index (χ0) is 13.4. The number of halogens is 1. The summed E-state index contributed by atoms with van der Waals surface area (Å²) in [5.41, 5.74) is 5.86. The van der Waals surface area contributed by atoms with Gasteiger partial charge in [-0.1, -0.05) is 12.1 Å². The molecule has 0 fully saturated rings. The molecule has 1 atom stereocenters. The van der Waals surface area contributed by atoms with Crippen molar-refractivity contribution < 1.29 is 9.18 Å². The average Bonchev–Trinajstić information content (AvgIpc) is 2.31. The van der Waals surface area contributed by atoms with Crippen LogP contribution in [0.5, 0.6) is 0 Å². The molecule has 1 unspecified atom stereocenters. The first kappa shape index (κ1) is 15.0. The minimum atomic E-state index is -0.407. The summed E-state index contributed by atoms with van der Waals surface area (Å²) in [7, 11) is 0. The van der Waals surface area contributed by atoms with Gasteiger partial charge < -0.3 is 11.1 Å². The van der Waals surface area contributed by atoms with Crippen LogP contribution in [0.3, 0.4) is 0 Å². The van der Waals surface area contributed by atoms with Crippen LogP contribution in [-0.4, -0.2) is 23.5 Å². The summed E-state index contributed by atoms with van der Waals surface area (Å²) in [5.74, 6) is 1.11. The van der Waals surface area contributed by atoms with Gasteiger partial charge in [-0.3, -0.25) is 4.79 Å². The molecule has 0 heterocycles. The highest BCUT2D eigenvalue weighted by atomic mass is 32.2. The first-order valence-corrected chi connectivity index (χ1v) is 7.12. The van der Waals surface area contributed by atoms with Crippen molar-refractivity contribution in [1.82, 2.24) is 0 Å². The van der Waals surface area contributed by atoms with E-state index in [4.69, 9.17) is 5.73 Å². The van der Waals surface area contributed by atoms with Crippen LogP contribution in [0.1, 0.15) is 19.8 Å². The summed E-state index contributed by atoms with van der Waals surface area (Å²) in [6.07, 6.45) is 1.33. The first-order chi connectivity index (χ1) is 8.59. The van der Waals surface area contributed by atoms with Crippen molar-refractivity contribution in [2.24, 2.45) is 5.73 Å². The van der Waals surface area contributed by atoms with E-state index in [0.717, 1.165) is 17.9 Å². The number of nitrogens with one attached hydrogen (secondary N) is 1. The lowest BCUT2D eigenvalue weighted by Gasteiger charge is -2.06. The maximum absolute atomic E-state index is 13.2. The fraction of sp³-hybridized carbons (Fsp3) is 0.462. The highest BCUT2D eigenvalue weighted by molar-refractivity contribution is 7.99. The van der Waals surface area contributed by atoms with E-state index in [9.17, 15) is 9.18 Å². The number of rotatable bonds is 7. The molecule has 0 bridgehead atoms. The molecule has 18 heavy (non-hydrogen) atoms. The molecule has 5 heteroatoms. The Kier molecular flexibility index (Phi) is 6.75. The summed E-state index contributed by atoms with van der Waals surface area (Å²) in [4.78, 5) is 11.5. The molecular formula is C13H19FN2OS. The molecule has 1 amide bonds. The van der Waals surface area contributed by atoms with E-state index in [1.54, 1.807) is 30.0 Å². The molecule has 0 spiro atoms. The Morgan fingerprint density at radius 2 is 2.17 bits per heavy atom. The number of thioether (sulfide) groups is 1. The molecule has 0 saturated carbocycles. The van der Waals surface area contributed by atoms with Gasteiger partial charge in [-0.15, -0.1) is 0 Å². The van der Waals surface area contributed by atoms with Crippen LogP contribution in [0.2, 0.25) is 0 Å². The van der Waals surface area contributed by atoms with Gasteiger partial charge in [-0.05, 0) is 31.2 Å². The van der Waals surface area contributed by atoms with Crippen molar-refractivity contribution in [2.45, 2.75) is 25.8 Å². The number of carbonyl (C=O) groups excluding carboxylic acids is 1. The number of para-hydroxylation sites is 1. The lowest BCUT2D eigenvalue weighted by molar-refractivity contribution is -0.115. The lowest BCUT2D eigenvalue weighted by Crippen LogP contribution is -2.16. The van der Waals surface area contributed by atoms with Gasteiger partial charge >= 0.3 is 0 Å². The highest BCUT2D eigenvalue weighted by Crippen LogP contribution is 2.13. The fourth-order valence-corrected chi connectivity index (χ4v) is 2.38. The zero-order valence-corrected chi connectivity index (χ0v) is 11.3. The van der Waals surface area contributed by atoms with Gasteiger partial charge in [0.05, 0.1) is 5.69 Å². The van der Waals surface area contributed by atoms with Crippen molar-refractivity contribution >= 4 is 23.4 Å². The second-order valence-electron chi connectivity index (χ2n) is 4.16. The van der Waals surface area contributed by atoms with E-state index in [1.807, 2.05) is 6.92 Å². The standard InChI is InChI=1S/C13H19FN2OS/c1-10(15)6-8-18-9-7-13(17)16-12-5-3-2-4-11(12)14/h2-5,10H,6-9,15H2,1H3,(H,16,17). The molecule has 1 rings (SSSR count).